The van der Waals surface area contributed by atoms with Gasteiger partial charge in [0.1, 0.15) is 5.75 Å². The number of ether oxygens (including phenoxy) is 1. The highest BCUT2D eigenvalue weighted by Crippen LogP contribution is 2.18. The number of halogens is 1. The van der Waals surface area contributed by atoms with Crippen LogP contribution < -0.4 is 20.9 Å². The molecule has 0 saturated carbocycles. The highest BCUT2D eigenvalue weighted by molar-refractivity contribution is 7.80. The van der Waals surface area contributed by atoms with E-state index in [2.05, 4.69) is 30.0 Å². The minimum Gasteiger partial charge on any atom is -0.484 e. The lowest BCUT2D eigenvalue weighted by Gasteiger charge is -2.12. The van der Waals surface area contributed by atoms with Crippen molar-refractivity contribution in [3.8, 4) is 5.75 Å². The van der Waals surface area contributed by atoms with Gasteiger partial charge in [-0.2, -0.15) is 0 Å². The maximum absolute atomic E-state index is 11.9. The van der Waals surface area contributed by atoms with E-state index in [-0.39, 0.29) is 11.7 Å². The summed E-state index contributed by atoms with van der Waals surface area (Å²) in [4.78, 5) is 23.8. The fourth-order valence-corrected chi connectivity index (χ4v) is 2.37. The second-order valence-electron chi connectivity index (χ2n) is 5.98. The van der Waals surface area contributed by atoms with Gasteiger partial charge in [-0.1, -0.05) is 37.6 Å². The molecule has 0 fully saturated rings. The third kappa shape index (κ3) is 6.88. The van der Waals surface area contributed by atoms with Gasteiger partial charge in [-0.25, -0.2) is 0 Å². The van der Waals surface area contributed by atoms with Crippen LogP contribution in [-0.4, -0.2) is 23.5 Å². The molecule has 0 saturated heterocycles. The Bertz CT molecular complexity index is 808. The number of rotatable bonds is 5. The Morgan fingerprint density at radius 2 is 1.67 bits per heavy atom. The van der Waals surface area contributed by atoms with Crippen molar-refractivity contribution >= 4 is 40.7 Å². The minimum absolute atomic E-state index is 0.0407. The number of amides is 2. The van der Waals surface area contributed by atoms with E-state index in [1.54, 1.807) is 24.3 Å². The van der Waals surface area contributed by atoms with Gasteiger partial charge in [-0.3, -0.25) is 25.8 Å². The quantitative estimate of drug-likeness (QED) is 0.526. The molecule has 8 heteroatoms. The zero-order chi connectivity index (χ0) is 19.8. The van der Waals surface area contributed by atoms with E-state index in [1.165, 1.54) is 5.56 Å². The van der Waals surface area contributed by atoms with Gasteiger partial charge in [0.05, 0.1) is 0 Å². The monoisotopic (exact) mass is 405 g/mol. The van der Waals surface area contributed by atoms with Crippen molar-refractivity contribution in [2.75, 3.05) is 6.61 Å². The number of hydrogen-bond acceptors (Lipinski definition) is 4. The smallest absolute Gasteiger partial charge is 0.269 e. The molecular weight excluding hydrogens is 386 g/mol. The van der Waals surface area contributed by atoms with Crippen LogP contribution in [-0.2, 0) is 4.79 Å². The molecule has 27 heavy (non-hydrogen) atoms. The molecule has 3 N–H and O–H groups in total. The molecule has 0 unspecified atom stereocenters. The van der Waals surface area contributed by atoms with Gasteiger partial charge in [0.15, 0.2) is 11.7 Å². The average molecular weight is 406 g/mol. The molecule has 0 aliphatic carbocycles. The van der Waals surface area contributed by atoms with Crippen LogP contribution in [0.25, 0.3) is 0 Å². The lowest BCUT2D eigenvalue weighted by Crippen LogP contribution is -2.49. The summed E-state index contributed by atoms with van der Waals surface area (Å²) in [6.07, 6.45) is 0. The Labute approximate surface area is 168 Å². The van der Waals surface area contributed by atoms with Crippen molar-refractivity contribution in [2.45, 2.75) is 19.8 Å². The molecule has 0 spiro atoms. The fraction of sp³-hybridized carbons (Fsp3) is 0.211. The largest absolute Gasteiger partial charge is 0.484 e. The summed E-state index contributed by atoms with van der Waals surface area (Å²) in [6, 6.07) is 13.9. The SMILES string of the molecule is CC(C)c1ccc(OCC(=O)NC(=S)NNC(=O)c2ccc(Cl)cc2)cc1. The lowest BCUT2D eigenvalue weighted by atomic mass is 10.0. The first-order valence-electron chi connectivity index (χ1n) is 8.23. The van der Waals surface area contributed by atoms with Gasteiger partial charge < -0.3 is 4.74 Å². The van der Waals surface area contributed by atoms with Gasteiger partial charge in [0.25, 0.3) is 11.8 Å². The standard InChI is InChI=1S/C19H20ClN3O3S/c1-12(2)13-5-9-16(10-6-13)26-11-17(24)21-19(27)23-22-18(25)14-3-7-15(20)8-4-14/h3-10,12H,11H2,1-2H3,(H,22,25)(H2,21,23,24,27). The van der Waals surface area contributed by atoms with Crippen molar-refractivity contribution in [1.29, 1.82) is 0 Å². The first-order valence-corrected chi connectivity index (χ1v) is 9.02. The molecular formula is C19H20ClN3O3S. The first-order chi connectivity index (χ1) is 12.8. The Morgan fingerprint density at radius 1 is 1.04 bits per heavy atom. The molecule has 0 bridgehead atoms. The summed E-state index contributed by atoms with van der Waals surface area (Å²) >= 11 is 10.7. The molecule has 2 rings (SSSR count). The van der Waals surface area contributed by atoms with Crippen molar-refractivity contribution in [3.63, 3.8) is 0 Å². The highest BCUT2D eigenvalue weighted by Gasteiger charge is 2.09. The van der Waals surface area contributed by atoms with Crippen LogP contribution in [0.15, 0.2) is 48.5 Å². The Hall–Kier alpha value is -2.64. The summed E-state index contributed by atoms with van der Waals surface area (Å²) in [5.74, 6) is 0.157. The number of hydrazine groups is 1. The molecule has 0 radical (unpaired) electrons. The van der Waals surface area contributed by atoms with E-state index in [0.29, 0.717) is 22.3 Å². The van der Waals surface area contributed by atoms with Crippen LogP contribution in [0.1, 0.15) is 35.7 Å². The van der Waals surface area contributed by atoms with E-state index < -0.39 is 11.8 Å². The van der Waals surface area contributed by atoms with Crippen molar-refractivity contribution in [1.82, 2.24) is 16.2 Å². The topological polar surface area (TPSA) is 79.5 Å². The summed E-state index contributed by atoms with van der Waals surface area (Å²) < 4.78 is 5.41. The number of benzene rings is 2. The Kier molecular flexibility index (Phi) is 7.57. The predicted octanol–water partition coefficient (Wildman–Crippen LogP) is 3.18. The summed E-state index contributed by atoms with van der Waals surface area (Å²) in [7, 11) is 0. The number of carbonyl (C=O) groups is 2. The van der Waals surface area contributed by atoms with Gasteiger partial charge >= 0.3 is 0 Å². The molecule has 0 heterocycles. The number of hydrogen-bond donors (Lipinski definition) is 3. The van der Waals surface area contributed by atoms with E-state index in [9.17, 15) is 9.59 Å². The second-order valence-corrected chi connectivity index (χ2v) is 6.82. The van der Waals surface area contributed by atoms with Crippen molar-refractivity contribution in [2.24, 2.45) is 0 Å². The van der Waals surface area contributed by atoms with E-state index in [1.807, 2.05) is 24.3 Å². The highest BCUT2D eigenvalue weighted by atomic mass is 35.5. The molecule has 2 amide bonds. The molecule has 2 aromatic rings. The molecule has 0 aliphatic rings. The molecule has 2 aromatic carbocycles. The van der Waals surface area contributed by atoms with Gasteiger partial charge in [-0.05, 0) is 60.1 Å². The normalized spacial score (nSPS) is 10.2. The van der Waals surface area contributed by atoms with E-state index in [0.717, 1.165) is 0 Å². The maximum atomic E-state index is 11.9. The van der Waals surface area contributed by atoms with Crippen LogP contribution in [0.4, 0.5) is 0 Å². The van der Waals surface area contributed by atoms with Crippen LogP contribution >= 0.6 is 23.8 Å². The minimum atomic E-state index is -0.443. The molecule has 6 nitrogen and oxygen atoms in total. The molecule has 0 aliphatic heterocycles. The van der Waals surface area contributed by atoms with Crippen molar-refractivity contribution < 1.29 is 14.3 Å². The van der Waals surface area contributed by atoms with Crippen LogP contribution in [0.3, 0.4) is 0 Å². The van der Waals surface area contributed by atoms with Gasteiger partial charge in [0, 0.05) is 10.6 Å². The summed E-state index contributed by atoms with van der Waals surface area (Å²) in [6.45, 7) is 4.00. The van der Waals surface area contributed by atoms with Crippen LogP contribution in [0.5, 0.6) is 5.75 Å². The lowest BCUT2D eigenvalue weighted by molar-refractivity contribution is -0.121. The Morgan fingerprint density at radius 3 is 2.26 bits per heavy atom. The van der Waals surface area contributed by atoms with E-state index in [4.69, 9.17) is 28.6 Å². The Balaban J connectivity index is 1.72. The third-order valence-corrected chi connectivity index (χ3v) is 4.02. The zero-order valence-electron chi connectivity index (χ0n) is 14.9. The van der Waals surface area contributed by atoms with Crippen LogP contribution in [0.2, 0.25) is 5.02 Å². The maximum Gasteiger partial charge on any atom is 0.269 e. The van der Waals surface area contributed by atoms with E-state index >= 15 is 0 Å². The number of nitrogens with one attached hydrogen (secondary N) is 3. The predicted molar refractivity (Wildman–Crippen MR) is 109 cm³/mol. The average Bonchev–Trinajstić information content (AvgIpc) is 2.65. The second kappa shape index (κ2) is 9.89. The summed E-state index contributed by atoms with van der Waals surface area (Å²) in [5, 5.41) is 2.90. The number of thiocarbonyl (C=S) groups is 1. The van der Waals surface area contributed by atoms with Crippen LogP contribution in [0, 0.1) is 0 Å². The summed E-state index contributed by atoms with van der Waals surface area (Å²) in [5.41, 5.74) is 6.43. The first kappa shape index (κ1) is 20.7. The molecule has 0 aromatic heterocycles. The molecule has 142 valence electrons. The third-order valence-electron chi connectivity index (χ3n) is 3.57. The fourth-order valence-electron chi connectivity index (χ4n) is 2.08. The molecule has 0 atom stereocenters. The van der Waals surface area contributed by atoms with Crippen molar-refractivity contribution in [3.05, 3.63) is 64.7 Å². The van der Waals surface area contributed by atoms with Gasteiger partial charge in [-0.15, -0.1) is 0 Å². The van der Waals surface area contributed by atoms with Gasteiger partial charge in [0.2, 0.25) is 0 Å². The number of carbonyl (C=O) groups excluding carboxylic acids is 2. The zero-order valence-corrected chi connectivity index (χ0v) is 16.5.